The van der Waals surface area contributed by atoms with Gasteiger partial charge in [0.25, 0.3) is 0 Å². The van der Waals surface area contributed by atoms with Crippen molar-refractivity contribution < 1.29 is 9.53 Å². The summed E-state index contributed by atoms with van der Waals surface area (Å²) >= 11 is 0. The van der Waals surface area contributed by atoms with Crippen molar-refractivity contribution >= 4 is 5.97 Å². The number of carbonyl (C=O) groups excluding carboxylic acids is 1. The summed E-state index contributed by atoms with van der Waals surface area (Å²) in [6.45, 7) is 4.06. The van der Waals surface area contributed by atoms with Crippen LogP contribution in [0, 0.1) is 13.8 Å². The third kappa shape index (κ3) is 2.28. The average Bonchev–Trinajstić information content (AvgIpc) is 2.38. The molecule has 2 nitrogen and oxygen atoms in total. The van der Waals surface area contributed by atoms with E-state index < -0.39 is 0 Å². The Kier molecular flexibility index (Phi) is 3.47. The fourth-order valence-electron chi connectivity index (χ4n) is 2.04. The second kappa shape index (κ2) is 5.05. The normalized spacial score (nSPS) is 10.2. The van der Waals surface area contributed by atoms with Crippen LogP contribution in [0.5, 0.6) is 0 Å². The standard InChI is InChI=1S/C16H16O2/c1-11-8-9-14(16(17)18-3)15(10-11)13-7-5-4-6-12(13)2/h4-10H,1-3H3. The third-order valence-corrected chi connectivity index (χ3v) is 3.02. The molecule has 0 aliphatic rings. The molecule has 0 unspecified atom stereocenters. The summed E-state index contributed by atoms with van der Waals surface area (Å²) in [7, 11) is 1.41. The van der Waals surface area contributed by atoms with Crippen molar-refractivity contribution in [1.82, 2.24) is 0 Å². The second-order valence-corrected chi connectivity index (χ2v) is 4.36. The topological polar surface area (TPSA) is 26.3 Å². The van der Waals surface area contributed by atoms with E-state index in [1.807, 2.05) is 56.3 Å². The molecule has 92 valence electrons. The highest BCUT2D eigenvalue weighted by Crippen LogP contribution is 2.28. The van der Waals surface area contributed by atoms with Crippen LogP contribution in [0.3, 0.4) is 0 Å². The lowest BCUT2D eigenvalue weighted by Crippen LogP contribution is -2.04. The lowest BCUT2D eigenvalue weighted by molar-refractivity contribution is 0.0601. The highest BCUT2D eigenvalue weighted by Gasteiger charge is 2.14. The van der Waals surface area contributed by atoms with E-state index in [9.17, 15) is 4.79 Å². The molecule has 0 fully saturated rings. The van der Waals surface area contributed by atoms with Gasteiger partial charge in [0, 0.05) is 0 Å². The fraction of sp³-hybridized carbons (Fsp3) is 0.188. The number of rotatable bonds is 2. The number of methoxy groups -OCH3 is 1. The molecule has 0 saturated carbocycles. The van der Waals surface area contributed by atoms with Crippen molar-refractivity contribution in [1.29, 1.82) is 0 Å². The van der Waals surface area contributed by atoms with E-state index in [-0.39, 0.29) is 5.97 Å². The van der Waals surface area contributed by atoms with E-state index in [0.717, 1.165) is 22.3 Å². The van der Waals surface area contributed by atoms with Gasteiger partial charge in [-0.1, -0.05) is 42.0 Å². The lowest BCUT2D eigenvalue weighted by atomic mass is 9.94. The predicted molar refractivity (Wildman–Crippen MR) is 72.7 cm³/mol. The summed E-state index contributed by atoms with van der Waals surface area (Å²) in [5.41, 5.74) is 4.88. The van der Waals surface area contributed by atoms with Gasteiger partial charge in [-0.05, 0) is 36.6 Å². The summed E-state index contributed by atoms with van der Waals surface area (Å²) < 4.78 is 4.84. The van der Waals surface area contributed by atoms with Crippen LogP contribution in [-0.4, -0.2) is 13.1 Å². The van der Waals surface area contributed by atoms with Crippen LogP contribution < -0.4 is 0 Å². The highest BCUT2D eigenvalue weighted by molar-refractivity contribution is 5.97. The molecule has 2 heteroatoms. The van der Waals surface area contributed by atoms with Gasteiger partial charge < -0.3 is 4.74 Å². The fourth-order valence-corrected chi connectivity index (χ4v) is 2.04. The van der Waals surface area contributed by atoms with Crippen molar-refractivity contribution in [3.8, 4) is 11.1 Å². The molecule has 0 spiro atoms. The molecular weight excluding hydrogens is 224 g/mol. The Bertz CT molecular complexity index is 585. The molecule has 0 atom stereocenters. The Morgan fingerprint density at radius 2 is 1.72 bits per heavy atom. The van der Waals surface area contributed by atoms with Gasteiger partial charge in [0.1, 0.15) is 0 Å². The Labute approximate surface area is 107 Å². The van der Waals surface area contributed by atoms with Crippen LogP contribution in [0.2, 0.25) is 0 Å². The Balaban J connectivity index is 2.66. The summed E-state index contributed by atoms with van der Waals surface area (Å²) in [6.07, 6.45) is 0. The maximum Gasteiger partial charge on any atom is 0.338 e. The summed E-state index contributed by atoms with van der Waals surface area (Å²) in [6, 6.07) is 13.8. The average molecular weight is 240 g/mol. The molecule has 0 bridgehead atoms. The Morgan fingerprint density at radius 1 is 1.00 bits per heavy atom. The van der Waals surface area contributed by atoms with Crippen LogP contribution >= 0.6 is 0 Å². The zero-order valence-corrected chi connectivity index (χ0v) is 10.9. The van der Waals surface area contributed by atoms with E-state index in [1.165, 1.54) is 7.11 Å². The minimum absolute atomic E-state index is 0.298. The molecular formula is C16H16O2. The van der Waals surface area contributed by atoms with E-state index in [0.29, 0.717) is 5.56 Å². The first-order chi connectivity index (χ1) is 8.63. The lowest BCUT2D eigenvalue weighted by Gasteiger charge is -2.11. The van der Waals surface area contributed by atoms with Crippen LogP contribution in [0.4, 0.5) is 0 Å². The molecule has 0 heterocycles. The van der Waals surface area contributed by atoms with Gasteiger partial charge in [-0.15, -0.1) is 0 Å². The van der Waals surface area contributed by atoms with Crippen molar-refractivity contribution in [3.05, 3.63) is 59.2 Å². The van der Waals surface area contributed by atoms with Crippen molar-refractivity contribution in [2.24, 2.45) is 0 Å². The number of esters is 1. The molecule has 0 aliphatic carbocycles. The monoisotopic (exact) mass is 240 g/mol. The second-order valence-electron chi connectivity index (χ2n) is 4.36. The first-order valence-corrected chi connectivity index (χ1v) is 5.88. The van der Waals surface area contributed by atoms with E-state index in [4.69, 9.17) is 4.74 Å². The molecule has 2 aromatic rings. The van der Waals surface area contributed by atoms with Gasteiger partial charge in [0.15, 0.2) is 0 Å². The quantitative estimate of drug-likeness (QED) is 0.747. The molecule has 2 aromatic carbocycles. The van der Waals surface area contributed by atoms with E-state index in [1.54, 1.807) is 0 Å². The van der Waals surface area contributed by atoms with Gasteiger partial charge in [-0.25, -0.2) is 4.79 Å². The third-order valence-electron chi connectivity index (χ3n) is 3.02. The minimum Gasteiger partial charge on any atom is -0.465 e. The van der Waals surface area contributed by atoms with Crippen LogP contribution in [0.25, 0.3) is 11.1 Å². The van der Waals surface area contributed by atoms with Gasteiger partial charge in [0.05, 0.1) is 12.7 Å². The van der Waals surface area contributed by atoms with Gasteiger partial charge in [-0.3, -0.25) is 0 Å². The first kappa shape index (κ1) is 12.4. The van der Waals surface area contributed by atoms with Gasteiger partial charge in [0.2, 0.25) is 0 Å². The predicted octanol–water partition coefficient (Wildman–Crippen LogP) is 3.76. The van der Waals surface area contributed by atoms with Gasteiger partial charge >= 0.3 is 5.97 Å². The molecule has 18 heavy (non-hydrogen) atoms. The molecule has 2 rings (SSSR count). The van der Waals surface area contributed by atoms with E-state index >= 15 is 0 Å². The van der Waals surface area contributed by atoms with Crippen LogP contribution in [0.1, 0.15) is 21.5 Å². The highest BCUT2D eigenvalue weighted by atomic mass is 16.5. The van der Waals surface area contributed by atoms with Crippen molar-refractivity contribution in [2.45, 2.75) is 13.8 Å². The van der Waals surface area contributed by atoms with Gasteiger partial charge in [-0.2, -0.15) is 0 Å². The minimum atomic E-state index is -0.298. The maximum absolute atomic E-state index is 11.8. The van der Waals surface area contributed by atoms with Crippen LogP contribution in [-0.2, 0) is 4.74 Å². The summed E-state index contributed by atoms with van der Waals surface area (Å²) in [5.74, 6) is -0.298. The number of carbonyl (C=O) groups is 1. The summed E-state index contributed by atoms with van der Waals surface area (Å²) in [4.78, 5) is 11.8. The molecule has 0 amide bonds. The van der Waals surface area contributed by atoms with E-state index in [2.05, 4.69) is 0 Å². The molecule has 0 radical (unpaired) electrons. The SMILES string of the molecule is COC(=O)c1ccc(C)cc1-c1ccccc1C. The molecule has 0 aromatic heterocycles. The smallest absolute Gasteiger partial charge is 0.338 e. The molecule has 0 aliphatic heterocycles. The number of benzene rings is 2. The first-order valence-electron chi connectivity index (χ1n) is 5.88. The summed E-state index contributed by atoms with van der Waals surface area (Å²) in [5, 5.41) is 0. The number of aryl methyl sites for hydroxylation is 2. The molecule has 0 N–H and O–H groups in total. The Morgan fingerprint density at radius 3 is 2.39 bits per heavy atom. The zero-order chi connectivity index (χ0) is 13.1. The number of ether oxygens (including phenoxy) is 1. The number of hydrogen-bond acceptors (Lipinski definition) is 2. The van der Waals surface area contributed by atoms with Crippen molar-refractivity contribution in [2.75, 3.05) is 7.11 Å². The number of hydrogen-bond donors (Lipinski definition) is 0. The maximum atomic E-state index is 11.8. The zero-order valence-electron chi connectivity index (χ0n) is 10.9. The van der Waals surface area contributed by atoms with Crippen LogP contribution in [0.15, 0.2) is 42.5 Å². The molecule has 0 saturated heterocycles. The largest absolute Gasteiger partial charge is 0.465 e. The Hall–Kier alpha value is -2.09. The van der Waals surface area contributed by atoms with Crippen molar-refractivity contribution in [3.63, 3.8) is 0 Å².